The van der Waals surface area contributed by atoms with Crippen molar-refractivity contribution in [1.29, 1.82) is 0 Å². The van der Waals surface area contributed by atoms with Crippen LogP contribution >= 0.6 is 0 Å². The highest BCUT2D eigenvalue weighted by Gasteiger charge is 2.21. The lowest BCUT2D eigenvalue weighted by Crippen LogP contribution is -2.43. The zero-order valence-electron chi connectivity index (χ0n) is 16.3. The number of carbonyl (C=O) groups excluding carboxylic acids is 3. The molecule has 0 spiro atoms. The number of furan rings is 1. The molecular weight excluding hydrogens is 395 g/mol. The highest BCUT2D eigenvalue weighted by atomic mass is 19.1. The molecule has 2 aromatic carbocycles. The highest BCUT2D eigenvalue weighted by molar-refractivity contribution is 5.98. The van der Waals surface area contributed by atoms with E-state index in [1.165, 1.54) is 18.2 Å². The third kappa shape index (κ3) is 4.57. The summed E-state index contributed by atoms with van der Waals surface area (Å²) >= 11 is 0. The van der Waals surface area contributed by atoms with Gasteiger partial charge in [-0.2, -0.15) is 0 Å². The van der Waals surface area contributed by atoms with E-state index in [1.54, 1.807) is 25.1 Å². The Balaban J connectivity index is 1.57. The molecule has 9 heteroatoms. The van der Waals surface area contributed by atoms with E-state index in [-0.39, 0.29) is 11.3 Å². The van der Waals surface area contributed by atoms with Crippen LogP contribution in [0.15, 0.2) is 46.9 Å². The number of hydrogen-bond donors (Lipinski definition) is 2. The molecule has 0 saturated heterocycles. The average Bonchev–Trinajstić information content (AvgIpc) is 3.07. The van der Waals surface area contributed by atoms with E-state index < -0.39 is 30.2 Å². The molecule has 0 saturated carbocycles. The smallest absolute Gasteiger partial charge is 0.375 e. The van der Waals surface area contributed by atoms with Crippen LogP contribution < -0.4 is 15.6 Å². The molecule has 3 aromatic rings. The average molecular weight is 414 g/mol. The summed E-state index contributed by atoms with van der Waals surface area (Å²) in [6.07, 6.45) is 0. The van der Waals surface area contributed by atoms with Crippen LogP contribution in [0.25, 0.3) is 11.0 Å². The Kier molecular flexibility index (Phi) is 6.31. The van der Waals surface area contributed by atoms with Crippen molar-refractivity contribution in [3.8, 4) is 5.75 Å². The lowest BCUT2D eigenvalue weighted by Gasteiger charge is -2.08. The van der Waals surface area contributed by atoms with Crippen molar-refractivity contribution < 1.29 is 32.7 Å². The summed E-state index contributed by atoms with van der Waals surface area (Å²) < 4.78 is 29.4. The first-order chi connectivity index (χ1) is 14.4. The number of fused-ring (bicyclic) bond motifs is 1. The number of benzene rings is 2. The molecule has 0 unspecified atom stereocenters. The van der Waals surface area contributed by atoms with Gasteiger partial charge in [-0.25, -0.2) is 9.18 Å². The van der Waals surface area contributed by atoms with E-state index in [1.807, 2.05) is 17.8 Å². The van der Waals surface area contributed by atoms with Crippen molar-refractivity contribution in [3.63, 3.8) is 0 Å². The van der Waals surface area contributed by atoms with Crippen molar-refractivity contribution in [1.82, 2.24) is 10.9 Å². The maximum Gasteiger partial charge on any atom is 0.375 e. The van der Waals surface area contributed by atoms with Crippen LogP contribution in [0.3, 0.4) is 0 Å². The van der Waals surface area contributed by atoms with Gasteiger partial charge in [0.15, 0.2) is 6.61 Å². The Hall–Kier alpha value is -3.88. The minimum absolute atomic E-state index is 0.0400. The van der Waals surface area contributed by atoms with Crippen LogP contribution in [-0.2, 0) is 9.53 Å². The number of carbonyl (C=O) groups is 3. The van der Waals surface area contributed by atoms with Crippen LogP contribution in [0.2, 0.25) is 0 Å². The van der Waals surface area contributed by atoms with Crippen molar-refractivity contribution in [3.05, 3.63) is 65.2 Å². The fourth-order valence-corrected chi connectivity index (χ4v) is 2.72. The molecule has 0 atom stereocenters. The SMILES string of the molecule is CCOc1ccc2oc(C(=O)OCC(=O)NNC(=O)c3ccccc3F)c(C)c2c1. The van der Waals surface area contributed by atoms with Gasteiger partial charge in [-0.05, 0) is 44.2 Å². The Morgan fingerprint density at radius 3 is 2.60 bits per heavy atom. The zero-order chi connectivity index (χ0) is 21.7. The van der Waals surface area contributed by atoms with Crippen LogP contribution in [-0.4, -0.2) is 31.0 Å². The maximum absolute atomic E-state index is 13.5. The van der Waals surface area contributed by atoms with Crippen molar-refractivity contribution >= 4 is 28.8 Å². The fraction of sp³-hybridized carbons (Fsp3) is 0.190. The normalized spacial score (nSPS) is 10.5. The first-order valence-corrected chi connectivity index (χ1v) is 9.07. The Morgan fingerprint density at radius 1 is 1.10 bits per heavy atom. The molecule has 0 aliphatic rings. The van der Waals surface area contributed by atoms with Gasteiger partial charge >= 0.3 is 5.97 Å². The number of esters is 1. The number of ether oxygens (including phenoxy) is 2. The molecule has 0 bridgehead atoms. The van der Waals surface area contributed by atoms with E-state index in [0.717, 1.165) is 6.07 Å². The number of nitrogens with one attached hydrogen (secondary N) is 2. The van der Waals surface area contributed by atoms with Gasteiger partial charge in [0.25, 0.3) is 11.8 Å². The molecule has 156 valence electrons. The molecule has 3 rings (SSSR count). The Bertz CT molecular complexity index is 1110. The van der Waals surface area contributed by atoms with Crippen molar-refractivity contribution in [2.45, 2.75) is 13.8 Å². The lowest BCUT2D eigenvalue weighted by molar-refractivity contribution is -0.125. The first kappa shape index (κ1) is 20.8. The van der Waals surface area contributed by atoms with Gasteiger partial charge in [-0.15, -0.1) is 0 Å². The number of aryl methyl sites for hydroxylation is 1. The molecule has 0 aliphatic carbocycles. The van der Waals surface area contributed by atoms with Crippen LogP contribution in [0.1, 0.15) is 33.4 Å². The van der Waals surface area contributed by atoms with E-state index in [4.69, 9.17) is 13.9 Å². The summed E-state index contributed by atoms with van der Waals surface area (Å²) in [5.74, 6) is -2.62. The molecule has 8 nitrogen and oxygen atoms in total. The quantitative estimate of drug-likeness (QED) is 0.475. The second-order valence-corrected chi connectivity index (χ2v) is 6.21. The molecule has 0 aliphatic heterocycles. The number of hydrogen-bond acceptors (Lipinski definition) is 6. The minimum Gasteiger partial charge on any atom is -0.494 e. The third-order valence-corrected chi connectivity index (χ3v) is 4.17. The topological polar surface area (TPSA) is 107 Å². The van der Waals surface area contributed by atoms with Gasteiger partial charge in [-0.3, -0.25) is 20.4 Å². The molecule has 0 radical (unpaired) electrons. The summed E-state index contributed by atoms with van der Waals surface area (Å²) in [7, 11) is 0. The number of hydrazine groups is 1. The van der Waals surface area contributed by atoms with Gasteiger partial charge in [0.05, 0.1) is 12.2 Å². The monoisotopic (exact) mass is 414 g/mol. The van der Waals surface area contributed by atoms with E-state index in [9.17, 15) is 18.8 Å². The minimum atomic E-state index is -0.842. The maximum atomic E-state index is 13.5. The first-order valence-electron chi connectivity index (χ1n) is 9.07. The lowest BCUT2D eigenvalue weighted by atomic mass is 10.1. The third-order valence-electron chi connectivity index (χ3n) is 4.17. The second kappa shape index (κ2) is 9.08. The summed E-state index contributed by atoms with van der Waals surface area (Å²) in [5, 5.41) is 0.689. The molecule has 1 heterocycles. The summed E-state index contributed by atoms with van der Waals surface area (Å²) in [5.41, 5.74) is 4.88. The molecule has 1 aromatic heterocycles. The Morgan fingerprint density at radius 2 is 1.87 bits per heavy atom. The van der Waals surface area contributed by atoms with Crippen LogP contribution in [0.4, 0.5) is 4.39 Å². The summed E-state index contributed by atoms with van der Waals surface area (Å²) in [4.78, 5) is 36.0. The molecule has 30 heavy (non-hydrogen) atoms. The number of halogens is 1. The zero-order valence-corrected chi connectivity index (χ0v) is 16.3. The van der Waals surface area contributed by atoms with Crippen LogP contribution in [0.5, 0.6) is 5.75 Å². The van der Waals surface area contributed by atoms with E-state index in [0.29, 0.717) is 28.9 Å². The van der Waals surface area contributed by atoms with Crippen molar-refractivity contribution in [2.24, 2.45) is 0 Å². The standard InChI is InChI=1S/C21H19FN2O6/c1-3-28-13-8-9-17-15(10-13)12(2)19(30-17)21(27)29-11-18(25)23-24-20(26)14-6-4-5-7-16(14)22/h4-10H,3,11H2,1-2H3,(H,23,25)(H,24,26). The van der Waals surface area contributed by atoms with Crippen LogP contribution in [0, 0.1) is 12.7 Å². The fourth-order valence-electron chi connectivity index (χ4n) is 2.72. The van der Waals surface area contributed by atoms with Gasteiger partial charge < -0.3 is 13.9 Å². The number of amides is 2. The largest absolute Gasteiger partial charge is 0.494 e. The van der Waals surface area contributed by atoms with E-state index >= 15 is 0 Å². The van der Waals surface area contributed by atoms with Gasteiger partial charge in [0.1, 0.15) is 17.1 Å². The number of rotatable bonds is 6. The molecule has 2 N–H and O–H groups in total. The summed E-state index contributed by atoms with van der Waals surface area (Å²) in [6.45, 7) is 3.38. The van der Waals surface area contributed by atoms with Crippen molar-refractivity contribution in [2.75, 3.05) is 13.2 Å². The molecule has 2 amide bonds. The predicted molar refractivity (Wildman–Crippen MR) is 104 cm³/mol. The van der Waals surface area contributed by atoms with Gasteiger partial charge in [0, 0.05) is 10.9 Å². The van der Waals surface area contributed by atoms with Gasteiger partial charge in [-0.1, -0.05) is 12.1 Å². The molecular formula is C21H19FN2O6. The highest BCUT2D eigenvalue weighted by Crippen LogP contribution is 2.29. The van der Waals surface area contributed by atoms with E-state index in [2.05, 4.69) is 0 Å². The molecule has 0 fully saturated rings. The second-order valence-electron chi connectivity index (χ2n) is 6.21. The van der Waals surface area contributed by atoms with Gasteiger partial charge in [0.2, 0.25) is 5.76 Å². The summed E-state index contributed by atoms with van der Waals surface area (Å²) in [6, 6.07) is 10.4. The Labute approximate surface area is 170 Å². The predicted octanol–water partition coefficient (Wildman–Crippen LogP) is 2.90.